The summed E-state index contributed by atoms with van der Waals surface area (Å²) in [7, 11) is 2.11. The molecule has 0 bridgehead atoms. The molecule has 1 nitrogen and oxygen atoms in total. The minimum Gasteiger partial charge on any atom is -0.289 e. The number of hydrogen-bond donors (Lipinski definition) is 0. The predicted molar refractivity (Wildman–Crippen MR) is 80.7 cm³/mol. The van der Waals surface area contributed by atoms with Crippen LogP contribution in [0.4, 0.5) is 0 Å². The molecule has 0 aromatic heterocycles. The molecule has 0 fully saturated rings. The van der Waals surface area contributed by atoms with Crippen LogP contribution in [0.5, 0.6) is 0 Å². The van der Waals surface area contributed by atoms with E-state index in [1.807, 2.05) is 36.4 Å². The third-order valence-corrected chi connectivity index (χ3v) is 3.14. The van der Waals surface area contributed by atoms with Crippen molar-refractivity contribution in [1.82, 2.24) is 4.90 Å². The van der Waals surface area contributed by atoms with Gasteiger partial charge in [0.05, 0.1) is 6.04 Å². The molecule has 0 spiro atoms. The summed E-state index contributed by atoms with van der Waals surface area (Å²) < 4.78 is 0. The van der Waals surface area contributed by atoms with Crippen LogP contribution in [0, 0.1) is 11.8 Å². The summed E-state index contributed by atoms with van der Waals surface area (Å²) >= 11 is 0. The molecule has 0 heterocycles. The summed E-state index contributed by atoms with van der Waals surface area (Å²) in [4.78, 5) is 2.26. The fraction of sp³-hybridized carbons (Fsp3) is 0.222. The van der Waals surface area contributed by atoms with Crippen LogP contribution in [-0.2, 0) is 6.54 Å². The first-order valence-corrected chi connectivity index (χ1v) is 6.56. The van der Waals surface area contributed by atoms with Gasteiger partial charge in [0, 0.05) is 12.1 Å². The summed E-state index contributed by atoms with van der Waals surface area (Å²) in [6, 6.07) is 20.8. The molecule has 2 aromatic rings. The van der Waals surface area contributed by atoms with Crippen molar-refractivity contribution in [2.45, 2.75) is 19.5 Å². The van der Waals surface area contributed by atoms with Crippen molar-refractivity contribution in [3.05, 3.63) is 71.8 Å². The minimum atomic E-state index is 0.236. The van der Waals surface area contributed by atoms with Crippen LogP contribution < -0.4 is 0 Å². The van der Waals surface area contributed by atoms with E-state index < -0.39 is 0 Å². The molecule has 1 atom stereocenters. The zero-order valence-electron chi connectivity index (χ0n) is 11.5. The maximum atomic E-state index is 3.29. The highest BCUT2D eigenvalue weighted by Crippen LogP contribution is 2.05. The van der Waals surface area contributed by atoms with Gasteiger partial charge in [0.2, 0.25) is 0 Å². The average Bonchev–Trinajstić information content (AvgIpc) is 2.47. The molecule has 0 saturated heterocycles. The van der Waals surface area contributed by atoms with Crippen LogP contribution in [0.1, 0.15) is 18.1 Å². The van der Waals surface area contributed by atoms with E-state index in [1.165, 1.54) is 5.56 Å². The first-order valence-electron chi connectivity index (χ1n) is 6.56. The molecule has 2 rings (SSSR count). The van der Waals surface area contributed by atoms with Gasteiger partial charge >= 0.3 is 0 Å². The summed E-state index contributed by atoms with van der Waals surface area (Å²) in [5.41, 5.74) is 2.39. The molecule has 0 aliphatic heterocycles. The van der Waals surface area contributed by atoms with Gasteiger partial charge in [-0.2, -0.15) is 0 Å². The fourth-order valence-corrected chi connectivity index (χ4v) is 1.83. The Morgan fingerprint density at radius 3 is 2.16 bits per heavy atom. The SMILES string of the molecule is CC(C#Cc1ccccc1)N(C)Cc1ccccc1. The third kappa shape index (κ3) is 4.28. The van der Waals surface area contributed by atoms with Gasteiger partial charge in [0.25, 0.3) is 0 Å². The Bertz CT molecular complexity index is 548. The molecule has 0 aliphatic carbocycles. The number of nitrogens with zero attached hydrogens (tertiary/aromatic N) is 1. The van der Waals surface area contributed by atoms with Gasteiger partial charge in [0.15, 0.2) is 0 Å². The van der Waals surface area contributed by atoms with Gasteiger partial charge in [-0.15, -0.1) is 0 Å². The Kier molecular flexibility index (Phi) is 4.78. The Morgan fingerprint density at radius 2 is 1.53 bits per heavy atom. The molecule has 0 radical (unpaired) electrons. The van der Waals surface area contributed by atoms with E-state index in [1.54, 1.807) is 0 Å². The van der Waals surface area contributed by atoms with E-state index in [4.69, 9.17) is 0 Å². The summed E-state index contributed by atoms with van der Waals surface area (Å²) in [5, 5.41) is 0. The predicted octanol–water partition coefficient (Wildman–Crippen LogP) is 3.56. The molecule has 0 N–H and O–H groups in total. The van der Waals surface area contributed by atoms with Gasteiger partial charge < -0.3 is 0 Å². The summed E-state index contributed by atoms with van der Waals surface area (Å²) in [6.07, 6.45) is 0. The highest BCUT2D eigenvalue weighted by atomic mass is 15.1. The van der Waals surface area contributed by atoms with Crippen molar-refractivity contribution in [2.75, 3.05) is 7.05 Å². The van der Waals surface area contributed by atoms with E-state index >= 15 is 0 Å². The largest absolute Gasteiger partial charge is 0.289 e. The third-order valence-electron chi connectivity index (χ3n) is 3.14. The van der Waals surface area contributed by atoms with Crippen LogP contribution in [-0.4, -0.2) is 18.0 Å². The number of rotatable bonds is 3. The molecule has 96 valence electrons. The van der Waals surface area contributed by atoms with Gasteiger partial charge in [-0.25, -0.2) is 0 Å². The Morgan fingerprint density at radius 1 is 0.947 bits per heavy atom. The highest BCUT2D eigenvalue weighted by Gasteiger charge is 2.05. The lowest BCUT2D eigenvalue weighted by atomic mass is 10.2. The molecule has 0 amide bonds. The van der Waals surface area contributed by atoms with Gasteiger partial charge in [-0.3, -0.25) is 4.90 Å². The molecule has 0 aliphatic rings. The number of hydrogen-bond acceptors (Lipinski definition) is 1. The van der Waals surface area contributed by atoms with E-state index in [2.05, 4.69) is 55.0 Å². The molecule has 0 saturated carbocycles. The Hall–Kier alpha value is -2.04. The molecular weight excluding hydrogens is 230 g/mol. The summed E-state index contributed by atoms with van der Waals surface area (Å²) in [5.74, 6) is 6.51. The van der Waals surface area contributed by atoms with E-state index in [0.717, 1.165) is 12.1 Å². The Balaban J connectivity index is 1.97. The smallest absolute Gasteiger partial charge is 0.0690 e. The van der Waals surface area contributed by atoms with Gasteiger partial charge in [0.1, 0.15) is 0 Å². The lowest BCUT2D eigenvalue weighted by molar-refractivity contribution is 0.296. The van der Waals surface area contributed by atoms with Crippen molar-refractivity contribution in [3.8, 4) is 11.8 Å². The van der Waals surface area contributed by atoms with Crippen molar-refractivity contribution in [3.63, 3.8) is 0 Å². The normalized spacial score (nSPS) is 11.7. The van der Waals surface area contributed by atoms with Crippen molar-refractivity contribution in [1.29, 1.82) is 0 Å². The second kappa shape index (κ2) is 6.78. The first-order chi connectivity index (χ1) is 9.25. The number of benzene rings is 2. The second-order valence-electron chi connectivity index (χ2n) is 4.71. The van der Waals surface area contributed by atoms with Crippen LogP contribution >= 0.6 is 0 Å². The fourth-order valence-electron chi connectivity index (χ4n) is 1.83. The highest BCUT2D eigenvalue weighted by molar-refractivity contribution is 5.34. The molecule has 2 aromatic carbocycles. The maximum Gasteiger partial charge on any atom is 0.0690 e. The molecule has 19 heavy (non-hydrogen) atoms. The van der Waals surface area contributed by atoms with Crippen molar-refractivity contribution in [2.24, 2.45) is 0 Å². The average molecular weight is 249 g/mol. The zero-order valence-corrected chi connectivity index (χ0v) is 11.5. The first kappa shape index (κ1) is 13.4. The van der Waals surface area contributed by atoms with Crippen LogP contribution in [0.2, 0.25) is 0 Å². The topological polar surface area (TPSA) is 3.24 Å². The van der Waals surface area contributed by atoms with Gasteiger partial charge in [-0.1, -0.05) is 60.4 Å². The van der Waals surface area contributed by atoms with E-state index in [0.29, 0.717) is 0 Å². The molecule has 1 unspecified atom stereocenters. The van der Waals surface area contributed by atoms with Gasteiger partial charge in [-0.05, 0) is 31.7 Å². The minimum absolute atomic E-state index is 0.236. The lowest BCUT2D eigenvalue weighted by Crippen LogP contribution is -2.27. The van der Waals surface area contributed by atoms with Crippen LogP contribution in [0.15, 0.2) is 60.7 Å². The Labute approximate surface area is 115 Å². The zero-order chi connectivity index (χ0) is 13.5. The van der Waals surface area contributed by atoms with Crippen molar-refractivity contribution >= 4 is 0 Å². The molecular formula is C18H19N. The van der Waals surface area contributed by atoms with Crippen LogP contribution in [0.25, 0.3) is 0 Å². The van der Waals surface area contributed by atoms with Crippen molar-refractivity contribution < 1.29 is 0 Å². The monoisotopic (exact) mass is 249 g/mol. The van der Waals surface area contributed by atoms with E-state index in [9.17, 15) is 0 Å². The van der Waals surface area contributed by atoms with E-state index in [-0.39, 0.29) is 6.04 Å². The molecule has 1 heteroatoms. The standard InChI is InChI=1S/C18H19N/c1-16(13-14-17-9-5-3-6-10-17)19(2)15-18-11-7-4-8-12-18/h3-12,16H,15H2,1-2H3. The van der Waals surface area contributed by atoms with Crippen LogP contribution in [0.3, 0.4) is 0 Å². The maximum absolute atomic E-state index is 3.29. The quantitative estimate of drug-likeness (QED) is 0.752. The lowest BCUT2D eigenvalue weighted by Gasteiger charge is -2.20. The second-order valence-corrected chi connectivity index (χ2v) is 4.71. The summed E-state index contributed by atoms with van der Waals surface area (Å²) in [6.45, 7) is 3.06.